The smallest absolute Gasteiger partial charge is 0.247 e. The molecule has 0 saturated carbocycles. The van der Waals surface area contributed by atoms with E-state index in [2.05, 4.69) is 32.1 Å². The molecule has 0 bridgehead atoms. The Kier molecular flexibility index (Phi) is 8.63. The molecule has 1 amide bonds. The van der Waals surface area contributed by atoms with Crippen molar-refractivity contribution in [3.05, 3.63) is 85.0 Å². The molecular weight excluding hydrogens is 509 g/mol. The molecule has 9 heteroatoms. The van der Waals surface area contributed by atoms with E-state index in [1.54, 1.807) is 24.3 Å². The van der Waals surface area contributed by atoms with Gasteiger partial charge in [0.25, 0.3) is 0 Å². The zero-order valence-corrected chi connectivity index (χ0v) is 22.5. The van der Waals surface area contributed by atoms with E-state index >= 15 is 0 Å². The molecule has 1 fully saturated rings. The summed E-state index contributed by atoms with van der Waals surface area (Å²) >= 11 is 0. The fraction of sp³-hybridized carbons (Fsp3) is 0.258. The summed E-state index contributed by atoms with van der Waals surface area (Å²) in [6.07, 6.45) is 3.49. The Labute approximate surface area is 232 Å². The summed E-state index contributed by atoms with van der Waals surface area (Å²) in [6.45, 7) is 10.3. The van der Waals surface area contributed by atoms with E-state index in [0.717, 1.165) is 50.4 Å². The summed E-state index contributed by atoms with van der Waals surface area (Å²) in [7, 11) is 0. The normalized spacial score (nSPS) is 13.7. The fourth-order valence-electron chi connectivity index (χ4n) is 4.57. The lowest BCUT2D eigenvalue weighted by molar-refractivity contribution is -0.111. The van der Waals surface area contributed by atoms with Crippen molar-refractivity contribution < 1.29 is 18.7 Å². The van der Waals surface area contributed by atoms with Gasteiger partial charge in [0.1, 0.15) is 23.7 Å². The molecule has 0 atom stereocenters. The number of nitrogens with zero attached hydrogens (tertiary/aromatic N) is 3. The highest BCUT2D eigenvalue weighted by Gasteiger charge is 2.15. The first-order valence-corrected chi connectivity index (χ1v) is 13.3. The lowest BCUT2D eigenvalue weighted by atomic mass is 10.0. The van der Waals surface area contributed by atoms with Crippen molar-refractivity contribution in [2.45, 2.75) is 13.3 Å². The molecule has 4 aromatic rings. The summed E-state index contributed by atoms with van der Waals surface area (Å²) in [5.41, 5.74) is 4.15. The van der Waals surface area contributed by atoms with Gasteiger partial charge in [-0.3, -0.25) is 9.69 Å². The van der Waals surface area contributed by atoms with Gasteiger partial charge < -0.3 is 20.1 Å². The number of ether oxygens (including phenoxy) is 2. The number of benzene rings is 3. The highest BCUT2D eigenvalue weighted by Crippen LogP contribution is 2.34. The van der Waals surface area contributed by atoms with Gasteiger partial charge in [0, 0.05) is 42.3 Å². The number of carbonyl (C=O) groups is 1. The SMILES string of the molecule is C=CC(=O)Nc1cc2c(Nc3ccc(F)c(-c4ccc(C)cc4)c3)ncnc2cc1OCCCN1CCOCC1. The first-order chi connectivity index (χ1) is 19.5. The molecule has 206 valence electrons. The van der Waals surface area contributed by atoms with Gasteiger partial charge in [-0.15, -0.1) is 0 Å². The average Bonchev–Trinajstić information content (AvgIpc) is 2.97. The van der Waals surface area contributed by atoms with Gasteiger partial charge in [-0.2, -0.15) is 0 Å². The Hall–Kier alpha value is -4.34. The molecule has 0 aliphatic carbocycles. The largest absolute Gasteiger partial charge is 0.491 e. The van der Waals surface area contributed by atoms with Gasteiger partial charge in [-0.05, 0) is 49.2 Å². The van der Waals surface area contributed by atoms with Gasteiger partial charge >= 0.3 is 0 Å². The highest BCUT2D eigenvalue weighted by atomic mass is 19.1. The third kappa shape index (κ3) is 6.62. The van der Waals surface area contributed by atoms with Crippen LogP contribution in [-0.4, -0.2) is 60.2 Å². The van der Waals surface area contributed by atoms with E-state index in [1.807, 2.05) is 31.2 Å². The summed E-state index contributed by atoms with van der Waals surface area (Å²) in [6, 6.07) is 16.1. The van der Waals surface area contributed by atoms with E-state index in [9.17, 15) is 9.18 Å². The summed E-state index contributed by atoms with van der Waals surface area (Å²) in [5.74, 6) is 0.356. The van der Waals surface area contributed by atoms with E-state index in [4.69, 9.17) is 9.47 Å². The number of morpholine rings is 1. The van der Waals surface area contributed by atoms with Crippen molar-refractivity contribution in [2.75, 3.05) is 50.1 Å². The van der Waals surface area contributed by atoms with Gasteiger partial charge in [0.05, 0.1) is 31.0 Å². The number of carbonyl (C=O) groups excluding carboxylic acids is 1. The fourth-order valence-corrected chi connectivity index (χ4v) is 4.57. The molecule has 40 heavy (non-hydrogen) atoms. The zero-order chi connectivity index (χ0) is 27.9. The van der Waals surface area contributed by atoms with Crippen LogP contribution in [0.15, 0.2) is 73.6 Å². The van der Waals surface area contributed by atoms with E-state index < -0.39 is 0 Å². The molecule has 2 N–H and O–H groups in total. The van der Waals surface area contributed by atoms with Gasteiger partial charge in [0.2, 0.25) is 5.91 Å². The number of amides is 1. The maximum Gasteiger partial charge on any atom is 0.247 e. The highest BCUT2D eigenvalue weighted by molar-refractivity contribution is 6.03. The van der Waals surface area contributed by atoms with Crippen molar-refractivity contribution in [3.63, 3.8) is 0 Å². The Bertz CT molecular complexity index is 1500. The third-order valence-corrected chi connectivity index (χ3v) is 6.75. The van der Waals surface area contributed by atoms with Crippen LogP contribution in [0, 0.1) is 12.7 Å². The van der Waals surface area contributed by atoms with Crippen LogP contribution >= 0.6 is 0 Å². The molecule has 1 saturated heterocycles. The van der Waals surface area contributed by atoms with Crippen LogP contribution in [0.5, 0.6) is 5.75 Å². The molecule has 2 heterocycles. The predicted octanol–water partition coefficient (Wildman–Crippen LogP) is 5.71. The summed E-state index contributed by atoms with van der Waals surface area (Å²) in [4.78, 5) is 23.4. The summed E-state index contributed by atoms with van der Waals surface area (Å²) < 4.78 is 26.2. The maximum absolute atomic E-state index is 14.7. The zero-order valence-electron chi connectivity index (χ0n) is 22.5. The quantitative estimate of drug-likeness (QED) is 0.196. The average molecular weight is 542 g/mol. The second-order valence-corrected chi connectivity index (χ2v) is 9.62. The van der Waals surface area contributed by atoms with Crippen LogP contribution in [-0.2, 0) is 9.53 Å². The van der Waals surface area contributed by atoms with Crippen LogP contribution in [0.25, 0.3) is 22.0 Å². The van der Waals surface area contributed by atoms with Crippen molar-refractivity contribution in [1.82, 2.24) is 14.9 Å². The van der Waals surface area contributed by atoms with Crippen molar-refractivity contribution >= 4 is 34.0 Å². The van der Waals surface area contributed by atoms with E-state index in [1.165, 1.54) is 18.5 Å². The Morgan fingerprint density at radius 1 is 1.12 bits per heavy atom. The molecule has 0 unspecified atom stereocenters. The maximum atomic E-state index is 14.7. The Morgan fingerprint density at radius 2 is 1.93 bits per heavy atom. The molecule has 1 aromatic heterocycles. The Balaban J connectivity index is 1.40. The second kappa shape index (κ2) is 12.7. The predicted molar refractivity (Wildman–Crippen MR) is 156 cm³/mol. The topological polar surface area (TPSA) is 88.6 Å². The standard InChI is InChI=1S/C31H32FN5O3/c1-3-30(38)36-28-18-25-27(19-29(28)40-14-4-11-37-12-15-39-16-13-37)33-20-34-31(25)35-23-9-10-26(32)24(17-23)22-7-5-21(2)6-8-22/h3,5-10,17-20H,1,4,11-16H2,2H3,(H,36,38)(H,33,34,35). The van der Waals surface area contributed by atoms with Crippen LogP contribution < -0.4 is 15.4 Å². The number of aromatic nitrogens is 2. The molecule has 8 nitrogen and oxygen atoms in total. The Morgan fingerprint density at radius 3 is 2.70 bits per heavy atom. The first kappa shape index (κ1) is 27.2. The van der Waals surface area contributed by atoms with Crippen molar-refractivity contribution in [1.29, 1.82) is 0 Å². The van der Waals surface area contributed by atoms with Crippen LogP contribution in [0.3, 0.4) is 0 Å². The third-order valence-electron chi connectivity index (χ3n) is 6.75. The number of fused-ring (bicyclic) bond motifs is 1. The molecule has 1 aliphatic rings. The first-order valence-electron chi connectivity index (χ1n) is 13.3. The number of aryl methyl sites for hydroxylation is 1. The van der Waals surface area contributed by atoms with E-state index in [0.29, 0.717) is 46.0 Å². The van der Waals surface area contributed by atoms with E-state index in [-0.39, 0.29) is 11.7 Å². The van der Waals surface area contributed by atoms with Crippen LogP contribution in [0.1, 0.15) is 12.0 Å². The van der Waals surface area contributed by atoms with Gasteiger partial charge in [-0.25, -0.2) is 14.4 Å². The van der Waals surface area contributed by atoms with Crippen molar-refractivity contribution in [3.8, 4) is 16.9 Å². The summed E-state index contributed by atoms with van der Waals surface area (Å²) in [5, 5.41) is 6.80. The number of hydrogen-bond acceptors (Lipinski definition) is 7. The lowest BCUT2D eigenvalue weighted by Gasteiger charge is -2.26. The number of anilines is 3. The second-order valence-electron chi connectivity index (χ2n) is 9.62. The molecule has 1 aliphatic heterocycles. The van der Waals surface area contributed by atoms with Gasteiger partial charge in [-0.1, -0.05) is 36.4 Å². The minimum atomic E-state index is -0.356. The van der Waals surface area contributed by atoms with Crippen molar-refractivity contribution in [2.24, 2.45) is 0 Å². The molecule has 3 aromatic carbocycles. The monoisotopic (exact) mass is 541 g/mol. The number of hydrogen-bond donors (Lipinski definition) is 2. The van der Waals surface area contributed by atoms with Crippen LogP contribution in [0.2, 0.25) is 0 Å². The lowest BCUT2D eigenvalue weighted by Crippen LogP contribution is -2.37. The minimum absolute atomic E-state index is 0.313. The number of rotatable bonds is 10. The van der Waals surface area contributed by atoms with Crippen LogP contribution in [0.4, 0.5) is 21.6 Å². The van der Waals surface area contributed by atoms with Gasteiger partial charge in [0.15, 0.2) is 0 Å². The minimum Gasteiger partial charge on any atom is -0.491 e. The number of nitrogens with one attached hydrogen (secondary N) is 2. The molecule has 5 rings (SSSR count). The molecular formula is C31H32FN5O3. The molecule has 0 radical (unpaired) electrons. The molecule has 0 spiro atoms. The number of halogens is 1.